The summed E-state index contributed by atoms with van der Waals surface area (Å²) in [4.78, 5) is 11.9. The van der Waals surface area contributed by atoms with Gasteiger partial charge in [-0.2, -0.15) is 0 Å². The zero-order valence-electron chi connectivity index (χ0n) is 12.6. The van der Waals surface area contributed by atoms with Crippen molar-refractivity contribution in [2.45, 2.75) is 24.2 Å². The Morgan fingerprint density at radius 2 is 1.79 bits per heavy atom. The van der Waals surface area contributed by atoms with E-state index in [2.05, 4.69) is 20.2 Å². The van der Waals surface area contributed by atoms with Gasteiger partial charge in [0, 0.05) is 11.6 Å². The van der Waals surface area contributed by atoms with Crippen LogP contribution in [0.3, 0.4) is 0 Å². The van der Waals surface area contributed by atoms with Crippen molar-refractivity contribution >= 4 is 39.0 Å². The molecule has 24 heavy (non-hydrogen) atoms. The quantitative estimate of drug-likeness (QED) is 0.847. The highest BCUT2D eigenvalue weighted by atomic mass is 35.5. The number of nitrogens with one attached hydrogen (secondary N) is 2. The number of aromatic nitrogens is 2. The number of anilines is 2. The van der Waals surface area contributed by atoms with Gasteiger partial charge in [-0.15, -0.1) is 10.2 Å². The summed E-state index contributed by atoms with van der Waals surface area (Å²) in [5, 5.41) is 10.2. The second-order valence-corrected chi connectivity index (χ2v) is 7.56. The van der Waals surface area contributed by atoms with E-state index in [-0.39, 0.29) is 27.7 Å². The Bertz CT molecular complexity index is 834. The molecule has 0 bridgehead atoms. The summed E-state index contributed by atoms with van der Waals surface area (Å²) < 4.78 is 26.9. The lowest BCUT2D eigenvalue weighted by atomic mass is 9.85. The minimum absolute atomic E-state index is 0.0218. The number of rotatable bonds is 5. The second kappa shape index (κ2) is 6.74. The van der Waals surface area contributed by atoms with Crippen LogP contribution in [0, 0.1) is 5.92 Å². The van der Waals surface area contributed by atoms with Gasteiger partial charge in [-0.1, -0.05) is 18.0 Å². The van der Waals surface area contributed by atoms with Crippen molar-refractivity contribution in [2.75, 3.05) is 10.0 Å². The lowest BCUT2D eigenvalue weighted by molar-refractivity contribution is -0.122. The van der Waals surface area contributed by atoms with Gasteiger partial charge in [0.2, 0.25) is 5.91 Å². The maximum absolute atomic E-state index is 12.3. The van der Waals surface area contributed by atoms with E-state index in [1.807, 2.05) is 0 Å². The van der Waals surface area contributed by atoms with Gasteiger partial charge in [-0.25, -0.2) is 8.42 Å². The van der Waals surface area contributed by atoms with Crippen molar-refractivity contribution in [2.24, 2.45) is 5.92 Å². The number of benzene rings is 1. The van der Waals surface area contributed by atoms with E-state index in [0.717, 1.165) is 19.3 Å². The van der Waals surface area contributed by atoms with Crippen LogP contribution in [0.25, 0.3) is 0 Å². The fraction of sp³-hybridized carbons (Fsp3) is 0.267. The Kier molecular flexibility index (Phi) is 4.68. The van der Waals surface area contributed by atoms with E-state index in [4.69, 9.17) is 11.6 Å². The second-order valence-electron chi connectivity index (χ2n) is 5.49. The third kappa shape index (κ3) is 3.82. The smallest absolute Gasteiger partial charge is 0.263 e. The van der Waals surface area contributed by atoms with Crippen LogP contribution >= 0.6 is 11.6 Å². The van der Waals surface area contributed by atoms with Crippen molar-refractivity contribution in [1.29, 1.82) is 0 Å². The highest BCUT2D eigenvalue weighted by molar-refractivity contribution is 7.92. The summed E-state index contributed by atoms with van der Waals surface area (Å²) in [7, 11) is -3.79. The molecule has 7 nitrogen and oxygen atoms in total. The lowest BCUT2D eigenvalue weighted by Crippen LogP contribution is -2.28. The number of carbonyl (C=O) groups excluding carboxylic acids is 1. The van der Waals surface area contributed by atoms with Crippen molar-refractivity contribution in [1.82, 2.24) is 10.2 Å². The van der Waals surface area contributed by atoms with Crippen molar-refractivity contribution in [3.8, 4) is 0 Å². The summed E-state index contributed by atoms with van der Waals surface area (Å²) in [6, 6.07) is 8.80. The third-order valence-corrected chi connectivity index (χ3v) is 5.35. The Balaban J connectivity index is 1.69. The SMILES string of the molecule is O=C(Nc1ccc(S(=O)(=O)Nc2ccc(Cl)nn2)cc1)C1CCC1. The largest absolute Gasteiger partial charge is 0.326 e. The molecule has 1 fully saturated rings. The first-order valence-electron chi connectivity index (χ1n) is 7.37. The molecule has 1 heterocycles. The number of hydrogen-bond donors (Lipinski definition) is 2. The molecule has 0 atom stereocenters. The first-order valence-corrected chi connectivity index (χ1v) is 9.23. The predicted molar refractivity (Wildman–Crippen MR) is 90.3 cm³/mol. The summed E-state index contributed by atoms with van der Waals surface area (Å²) in [5.74, 6) is 0.117. The number of nitrogens with zero attached hydrogens (tertiary/aromatic N) is 2. The molecule has 2 aromatic rings. The van der Waals surface area contributed by atoms with Crippen LogP contribution in [0.1, 0.15) is 19.3 Å². The summed E-state index contributed by atoms with van der Waals surface area (Å²) >= 11 is 5.61. The van der Waals surface area contributed by atoms with Gasteiger partial charge in [-0.3, -0.25) is 9.52 Å². The molecule has 0 radical (unpaired) electrons. The van der Waals surface area contributed by atoms with E-state index in [9.17, 15) is 13.2 Å². The third-order valence-electron chi connectivity index (χ3n) is 3.78. The van der Waals surface area contributed by atoms with Crippen LogP contribution < -0.4 is 10.0 Å². The Morgan fingerprint density at radius 3 is 2.33 bits per heavy atom. The molecule has 3 rings (SSSR count). The summed E-state index contributed by atoms with van der Waals surface area (Å²) in [5.41, 5.74) is 0.567. The van der Waals surface area contributed by atoms with E-state index in [0.29, 0.717) is 5.69 Å². The molecule has 1 aliphatic rings. The van der Waals surface area contributed by atoms with Crippen molar-refractivity contribution < 1.29 is 13.2 Å². The lowest BCUT2D eigenvalue weighted by Gasteiger charge is -2.24. The van der Waals surface area contributed by atoms with Gasteiger partial charge in [0.05, 0.1) is 4.90 Å². The molecule has 1 aromatic carbocycles. The number of sulfonamides is 1. The Morgan fingerprint density at radius 1 is 1.08 bits per heavy atom. The van der Waals surface area contributed by atoms with Crippen LogP contribution in [0.15, 0.2) is 41.3 Å². The average Bonchev–Trinajstić information content (AvgIpc) is 2.48. The monoisotopic (exact) mass is 366 g/mol. The number of hydrogen-bond acceptors (Lipinski definition) is 5. The molecular formula is C15H15ClN4O3S. The van der Waals surface area contributed by atoms with Crippen molar-refractivity contribution in [3.05, 3.63) is 41.6 Å². The highest BCUT2D eigenvalue weighted by Gasteiger charge is 2.25. The molecule has 9 heteroatoms. The molecule has 1 aromatic heterocycles. The fourth-order valence-corrected chi connectivity index (χ4v) is 3.30. The van der Waals surface area contributed by atoms with E-state index in [1.54, 1.807) is 12.1 Å². The number of halogens is 1. The highest BCUT2D eigenvalue weighted by Crippen LogP contribution is 2.27. The van der Waals surface area contributed by atoms with Gasteiger partial charge in [0.15, 0.2) is 11.0 Å². The molecule has 1 aliphatic carbocycles. The molecule has 0 saturated heterocycles. The first kappa shape index (κ1) is 16.7. The molecule has 2 N–H and O–H groups in total. The number of amides is 1. The van der Waals surface area contributed by atoms with Crippen LogP contribution in [-0.2, 0) is 14.8 Å². The molecular weight excluding hydrogens is 352 g/mol. The fourth-order valence-electron chi connectivity index (χ4n) is 2.20. The van der Waals surface area contributed by atoms with Gasteiger partial charge in [0.1, 0.15) is 0 Å². The van der Waals surface area contributed by atoms with E-state index in [1.165, 1.54) is 24.3 Å². The maximum Gasteiger partial charge on any atom is 0.263 e. The molecule has 0 unspecified atom stereocenters. The minimum atomic E-state index is -3.79. The minimum Gasteiger partial charge on any atom is -0.326 e. The molecule has 126 valence electrons. The normalized spacial score (nSPS) is 14.7. The number of carbonyl (C=O) groups is 1. The maximum atomic E-state index is 12.3. The van der Waals surface area contributed by atoms with Crippen LogP contribution in [-0.4, -0.2) is 24.5 Å². The Labute approximate surface area is 144 Å². The zero-order valence-corrected chi connectivity index (χ0v) is 14.1. The van der Waals surface area contributed by atoms with Gasteiger partial charge in [0.25, 0.3) is 10.0 Å². The predicted octanol–water partition coefficient (Wildman–Crippen LogP) is 2.67. The van der Waals surface area contributed by atoms with Crippen LogP contribution in [0.5, 0.6) is 0 Å². The zero-order chi connectivity index (χ0) is 17.2. The molecule has 0 aliphatic heterocycles. The van der Waals surface area contributed by atoms with Gasteiger partial charge < -0.3 is 5.32 Å². The van der Waals surface area contributed by atoms with Crippen LogP contribution in [0.4, 0.5) is 11.5 Å². The van der Waals surface area contributed by atoms with E-state index < -0.39 is 10.0 Å². The summed E-state index contributed by atoms with van der Waals surface area (Å²) in [6.07, 6.45) is 2.89. The van der Waals surface area contributed by atoms with Gasteiger partial charge >= 0.3 is 0 Å². The first-order chi connectivity index (χ1) is 11.4. The average molecular weight is 367 g/mol. The van der Waals surface area contributed by atoms with Gasteiger partial charge in [-0.05, 0) is 49.2 Å². The molecule has 1 amide bonds. The van der Waals surface area contributed by atoms with Crippen LogP contribution in [0.2, 0.25) is 5.15 Å². The van der Waals surface area contributed by atoms with Crippen molar-refractivity contribution in [3.63, 3.8) is 0 Å². The van der Waals surface area contributed by atoms with E-state index >= 15 is 0 Å². The Hall–Kier alpha value is -2.19. The summed E-state index contributed by atoms with van der Waals surface area (Å²) in [6.45, 7) is 0. The molecule has 0 spiro atoms. The standard InChI is InChI=1S/C15H15ClN4O3S/c16-13-8-9-14(19-18-13)20-24(22,23)12-6-4-11(5-7-12)17-15(21)10-2-1-3-10/h4-10H,1-3H2,(H,17,21)(H,19,20). The topological polar surface area (TPSA) is 101 Å². The molecule has 1 saturated carbocycles.